The molecule has 3 aliphatic heterocycles. The van der Waals surface area contributed by atoms with Crippen LogP contribution in [0, 0.1) is 0 Å². The maximum Gasteiger partial charge on any atom is 0.320 e. The fourth-order valence-corrected chi connectivity index (χ4v) is 8.59. The number of urea groups is 1. The second kappa shape index (κ2) is 18.3. The molecule has 1 aromatic heterocycles. The molecule has 302 valence electrons. The minimum absolute atomic E-state index is 0.112. The Hall–Kier alpha value is -4.30. The monoisotopic (exact) mass is 810 g/mol. The SMILES string of the molecule is CCOC(=O)CN1CCN(C(=O)NC2(c3cccnc3)CCN(CCC3(c4ccc(Cl)c(Cl)c4)CCN(C(=O)c4cc(OC)c(OC)c(OC)c4)C3)CC2)CC1. The topological polar surface area (TPSA) is 126 Å². The van der Waals surface area contributed by atoms with E-state index in [-0.39, 0.29) is 29.9 Å². The number of aromatic nitrogens is 1. The lowest BCUT2D eigenvalue weighted by Gasteiger charge is -2.45. The first kappa shape index (κ1) is 41.3. The van der Waals surface area contributed by atoms with E-state index in [9.17, 15) is 14.4 Å². The summed E-state index contributed by atoms with van der Waals surface area (Å²) in [6.45, 7) is 7.99. The summed E-state index contributed by atoms with van der Waals surface area (Å²) in [6.07, 6.45) is 6.54. The molecule has 0 radical (unpaired) electrons. The number of nitrogens with one attached hydrogen (secondary N) is 1. The molecule has 4 heterocycles. The van der Waals surface area contributed by atoms with Gasteiger partial charge in [0.05, 0.1) is 50.1 Å². The van der Waals surface area contributed by atoms with Crippen LogP contribution >= 0.6 is 23.2 Å². The zero-order valence-corrected chi connectivity index (χ0v) is 34.2. The smallest absolute Gasteiger partial charge is 0.320 e. The van der Waals surface area contributed by atoms with E-state index in [1.165, 1.54) is 21.3 Å². The summed E-state index contributed by atoms with van der Waals surface area (Å²) in [5, 5.41) is 4.39. The number of rotatable bonds is 13. The van der Waals surface area contributed by atoms with Crippen LogP contribution in [0.15, 0.2) is 54.9 Å². The van der Waals surface area contributed by atoms with Crippen molar-refractivity contribution in [3.05, 3.63) is 81.6 Å². The van der Waals surface area contributed by atoms with Gasteiger partial charge in [-0.3, -0.25) is 19.5 Å². The average molecular weight is 812 g/mol. The minimum Gasteiger partial charge on any atom is -0.493 e. The molecular weight excluding hydrogens is 759 g/mol. The number of esters is 1. The molecular formula is C41H52Cl2N6O7. The van der Waals surface area contributed by atoms with Gasteiger partial charge in [0.15, 0.2) is 11.5 Å². The third-order valence-electron chi connectivity index (χ3n) is 11.6. The summed E-state index contributed by atoms with van der Waals surface area (Å²) < 4.78 is 21.7. The molecule has 0 bridgehead atoms. The van der Waals surface area contributed by atoms with E-state index in [2.05, 4.69) is 15.2 Å². The zero-order valence-electron chi connectivity index (χ0n) is 32.7. The molecule has 15 heteroatoms. The van der Waals surface area contributed by atoms with E-state index < -0.39 is 5.54 Å². The van der Waals surface area contributed by atoms with Crippen LogP contribution in [0.1, 0.15) is 54.1 Å². The van der Waals surface area contributed by atoms with E-state index in [1.807, 2.05) is 51.2 Å². The number of piperazine rings is 1. The van der Waals surface area contributed by atoms with Crippen LogP contribution in [-0.4, -0.2) is 136 Å². The van der Waals surface area contributed by atoms with Crippen molar-refractivity contribution < 1.29 is 33.3 Å². The lowest BCUT2D eigenvalue weighted by atomic mass is 9.76. The van der Waals surface area contributed by atoms with Crippen molar-refractivity contribution in [1.82, 2.24) is 29.9 Å². The van der Waals surface area contributed by atoms with Crippen molar-refractivity contribution in [2.75, 3.05) is 93.4 Å². The summed E-state index contributed by atoms with van der Waals surface area (Å²) in [6, 6.07) is 13.0. The Balaban J connectivity index is 1.15. The van der Waals surface area contributed by atoms with Gasteiger partial charge in [-0.2, -0.15) is 0 Å². The van der Waals surface area contributed by atoms with Crippen LogP contribution in [0.2, 0.25) is 10.0 Å². The number of hydrogen-bond acceptors (Lipinski definition) is 10. The van der Waals surface area contributed by atoms with Gasteiger partial charge in [0, 0.05) is 75.7 Å². The third kappa shape index (κ3) is 9.12. The number of methoxy groups -OCH3 is 3. The molecule has 1 unspecified atom stereocenters. The summed E-state index contributed by atoms with van der Waals surface area (Å²) in [5.74, 6) is 0.897. The Morgan fingerprint density at radius 3 is 2.12 bits per heavy atom. The average Bonchev–Trinajstić information content (AvgIpc) is 3.67. The second-order valence-electron chi connectivity index (χ2n) is 14.7. The standard InChI is InChI=1S/C41H52Cl2N6O7/c1-5-56-36(50)27-47-19-21-48(22-20-47)39(52)45-41(31-7-6-14-44-26-31)12-16-46(17-13-41)15-10-40(30-8-9-32(42)33(43)25-30)11-18-49(28-40)38(51)29-23-34(53-2)37(55-4)35(24-29)54-3/h6-9,14,23-26H,5,10-13,15-22,27-28H2,1-4H3,(H,45,52). The summed E-state index contributed by atoms with van der Waals surface area (Å²) in [5.41, 5.74) is 1.53. The van der Waals surface area contributed by atoms with Gasteiger partial charge in [-0.15, -0.1) is 0 Å². The van der Waals surface area contributed by atoms with Crippen LogP contribution in [0.3, 0.4) is 0 Å². The lowest BCUT2D eigenvalue weighted by molar-refractivity contribution is -0.144. The largest absolute Gasteiger partial charge is 0.493 e. The van der Waals surface area contributed by atoms with E-state index in [1.54, 1.807) is 25.3 Å². The predicted molar refractivity (Wildman–Crippen MR) is 214 cm³/mol. The molecule has 0 spiro atoms. The van der Waals surface area contributed by atoms with E-state index in [0.717, 1.165) is 43.6 Å². The highest BCUT2D eigenvalue weighted by Crippen LogP contribution is 2.43. The fourth-order valence-electron chi connectivity index (χ4n) is 8.29. The molecule has 13 nitrogen and oxygen atoms in total. The van der Waals surface area contributed by atoms with Crippen LogP contribution in [0.25, 0.3) is 0 Å². The molecule has 3 amide bonds. The molecule has 56 heavy (non-hydrogen) atoms. The number of halogens is 2. The van der Waals surface area contributed by atoms with Gasteiger partial charge in [0.25, 0.3) is 5.91 Å². The summed E-state index contributed by atoms with van der Waals surface area (Å²) >= 11 is 13.0. The van der Waals surface area contributed by atoms with Gasteiger partial charge in [-0.1, -0.05) is 35.3 Å². The highest BCUT2D eigenvalue weighted by molar-refractivity contribution is 6.42. The Labute approximate surface area is 339 Å². The molecule has 3 aliphatic rings. The molecule has 3 fully saturated rings. The summed E-state index contributed by atoms with van der Waals surface area (Å²) in [4.78, 5) is 52.5. The lowest BCUT2D eigenvalue weighted by Crippen LogP contribution is -2.59. The molecule has 0 aliphatic carbocycles. The number of carbonyl (C=O) groups excluding carboxylic acids is 3. The predicted octanol–water partition coefficient (Wildman–Crippen LogP) is 5.47. The maximum atomic E-state index is 14.1. The Morgan fingerprint density at radius 1 is 0.804 bits per heavy atom. The van der Waals surface area contributed by atoms with Crippen molar-refractivity contribution in [2.24, 2.45) is 0 Å². The Kier molecular flexibility index (Phi) is 13.5. The first-order valence-electron chi connectivity index (χ1n) is 19.2. The maximum absolute atomic E-state index is 14.1. The third-order valence-corrected chi connectivity index (χ3v) is 12.3. The zero-order chi connectivity index (χ0) is 39.9. The van der Waals surface area contributed by atoms with E-state index >= 15 is 0 Å². The molecule has 3 saturated heterocycles. The molecule has 0 saturated carbocycles. The Morgan fingerprint density at radius 2 is 1.52 bits per heavy atom. The number of nitrogens with zero attached hydrogens (tertiary/aromatic N) is 5. The van der Waals surface area contributed by atoms with E-state index in [4.69, 9.17) is 42.1 Å². The normalized spacial score (nSPS) is 20.0. The second-order valence-corrected chi connectivity index (χ2v) is 15.5. The van der Waals surface area contributed by atoms with Gasteiger partial charge in [-0.05, 0) is 80.6 Å². The number of pyridine rings is 1. The summed E-state index contributed by atoms with van der Waals surface area (Å²) in [7, 11) is 4.60. The highest BCUT2D eigenvalue weighted by Gasteiger charge is 2.44. The van der Waals surface area contributed by atoms with Crippen LogP contribution in [-0.2, 0) is 20.5 Å². The number of benzene rings is 2. The van der Waals surface area contributed by atoms with Gasteiger partial charge < -0.3 is 39.0 Å². The first-order chi connectivity index (χ1) is 27.0. The van der Waals surface area contributed by atoms with Crippen molar-refractivity contribution >= 4 is 41.1 Å². The number of piperidine rings is 1. The minimum atomic E-state index is -0.581. The first-order valence-corrected chi connectivity index (χ1v) is 19.9. The van der Waals surface area contributed by atoms with Crippen molar-refractivity contribution in [2.45, 2.75) is 43.6 Å². The molecule has 3 aromatic rings. The van der Waals surface area contributed by atoms with Gasteiger partial charge in [0.1, 0.15) is 0 Å². The highest BCUT2D eigenvalue weighted by atomic mass is 35.5. The fraction of sp³-hybridized carbons (Fsp3) is 0.512. The number of ether oxygens (including phenoxy) is 4. The van der Waals surface area contributed by atoms with Gasteiger partial charge in [-0.25, -0.2) is 4.79 Å². The Bertz CT molecular complexity index is 1830. The van der Waals surface area contributed by atoms with Gasteiger partial charge in [0.2, 0.25) is 5.75 Å². The number of carbonyl (C=O) groups is 3. The van der Waals surface area contributed by atoms with Crippen molar-refractivity contribution in [3.8, 4) is 17.2 Å². The molecule has 6 rings (SSSR count). The van der Waals surface area contributed by atoms with Gasteiger partial charge >= 0.3 is 12.0 Å². The van der Waals surface area contributed by atoms with Crippen molar-refractivity contribution in [1.29, 1.82) is 0 Å². The van der Waals surface area contributed by atoms with Crippen LogP contribution < -0.4 is 19.5 Å². The number of likely N-dealkylation sites (tertiary alicyclic amines) is 2. The number of hydrogen-bond donors (Lipinski definition) is 1. The van der Waals surface area contributed by atoms with Crippen molar-refractivity contribution in [3.63, 3.8) is 0 Å². The quantitative estimate of drug-likeness (QED) is 0.222. The molecule has 2 aromatic carbocycles. The van der Waals surface area contributed by atoms with E-state index in [0.29, 0.717) is 91.6 Å². The number of amides is 3. The molecule has 1 N–H and O–H groups in total. The molecule has 1 atom stereocenters. The van der Waals surface area contributed by atoms with Crippen LogP contribution in [0.4, 0.5) is 4.79 Å². The van der Waals surface area contributed by atoms with Crippen LogP contribution in [0.5, 0.6) is 17.2 Å².